The third-order valence-corrected chi connectivity index (χ3v) is 1.96. The Morgan fingerprint density at radius 1 is 1.73 bits per heavy atom. The van der Waals surface area contributed by atoms with E-state index in [4.69, 9.17) is 4.84 Å². The number of hydroxylamine groups is 1. The number of hydrogen-bond donors (Lipinski definition) is 1. The monoisotopic (exact) mass is 172 g/mol. The Balaban J connectivity index is 2.27. The van der Waals surface area contributed by atoms with E-state index < -0.39 is 0 Å². The summed E-state index contributed by atoms with van der Waals surface area (Å²) in [6.45, 7) is 5.36. The molecule has 1 rings (SSSR count). The van der Waals surface area contributed by atoms with E-state index in [0.29, 0.717) is 6.61 Å². The van der Waals surface area contributed by atoms with Crippen LogP contribution < -0.4 is 5.48 Å². The molecule has 0 atom stereocenters. The molecule has 0 radical (unpaired) electrons. The third kappa shape index (κ3) is 2.96. The van der Waals surface area contributed by atoms with Gasteiger partial charge in [-0.1, -0.05) is 6.92 Å². The van der Waals surface area contributed by atoms with E-state index in [-0.39, 0.29) is 0 Å². The van der Waals surface area contributed by atoms with Crippen LogP contribution in [0, 0.1) is 6.92 Å². The van der Waals surface area contributed by atoms with Gasteiger partial charge in [-0.25, -0.2) is 10.5 Å². The Kier molecular flexibility index (Phi) is 3.48. The van der Waals surface area contributed by atoms with Crippen LogP contribution in [0.15, 0.2) is 5.38 Å². The predicted molar refractivity (Wildman–Crippen MR) is 45.3 cm³/mol. The zero-order chi connectivity index (χ0) is 8.10. The largest absolute Gasteiger partial charge is 0.295 e. The average Bonchev–Trinajstić information content (AvgIpc) is 2.37. The van der Waals surface area contributed by atoms with Gasteiger partial charge in [0.15, 0.2) is 0 Å². The number of nitrogens with one attached hydrogen (secondary N) is 1. The molecule has 4 heteroatoms. The number of nitrogens with zero attached hydrogens (tertiary/aromatic N) is 1. The molecule has 0 unspecified atom stereocenters. The van der Waals surface area contributed by atoms with E-state index in [9.17, 15) is 0 Å². The second-order valence-electron chi connectivity index (χ2n) is 2.14. The summed E-state index contributed by atoms with van der Waals surface area (Å²) in [5.41, 5.74) is 3.76. The number of hydrogen-bond acceptors (Lipinski definition) is 4. The fraction of sp³-hybridized carbons (Fsp3) is 0.571. The van der Waals surface area contributed by atoms with Crippen LogP contribution in [0.4, 0.5) is 0 Å². The molecule has 1 heterocycles. The van der Waals surface area contributed by atoms with Gasteiger partial charge < -0.3 is 0 Å². The molecule has 0 aliphatic rings. The van der Waals surface area contributed by atoms with Crippen molar-refractivity contribution in [1.29, 1.82) is 0 Å². The minimum Gasteiger partial charge on any atom is -0.295 e. The van der Waals surface area contributed by atoms with Crippen LogP contribution in [0.25, 0.3) is 0 Å². The van der Waals surface area contributed by atoms with Crippen molar-refractivity contribution in [3.63, 3.8) is 0 Å². The van der Waals surface area contributed by atoms with Gasteiger partial charge in [0.2, 0.25) is 0 Å². The van der Waals surface area contributed by atoms with E-state index >= 15 is 0 Å². The smallest absolute Gasteiger partial charge is 0.111 e. The van der Waals surface area contributed by atoms with Crippen molar-refractivity contribution in [2.75, 3.05) is 6.54 Å². The zero-order valence-electron chi connectivity index (χ0n) is 6.76. The van der Waals surface area contributed by atoms with Gasteiger partial charge in [-0.15, -0.1) is 11.3 Å². The SMILES string of the molecule is CCNOCc1csc(C)n1. The van der Waals surface area contributed by atoms with E-state index in [1.165, 1.54) is 0 Å². The Morgan fingerprint density at radius 2 is 2.55 bits per heavy atom. The van der Waals surface area contributed by atoms with Gasteiger partial charge in [-0.3, -0.25) is 4.84 Å². The lowest BCUT2D eigenvalue weighted by molar-refractivity contribution is 0.0297. The van der Waals surface area contributed by atoms with Crippen molar-refractivity contribution in [1.82, 2.24) is 10.5 Å². The molecule has 1 aromatic rings. The summed E-state index contributed by atoms with van der Waals surface area (Å²) in [6.07, 6.45) is 0. The Labute approximate surface area is 70.4 Å². The maximum absolute atomic E-state index is 5.08. The van der Waals surface area contributed by atoms with Crippen molar-refractivity contribution in [2.45, 2.75) is 20.5 Å². The Bertz CT molecular complexity index is 212. The standard InChI is InChI=1S/C7H12N2OS/c1-3-8-10-4-7-5-11-6(2)9-7/h5,8H,3-4H2,1-2H3. The lowest BCUT2D eigenvalue weighted by Crippen LogP contribution is -2.13. The lowest BCUT2D eigenvalue weighted by Gasteiger charge is -1.98. The third-order valence-electron chi connectivity index (χ3n) is 1.13. The van der Waals surface area contributed by atoms with Gasteiger partial charge in [0.25, 0.3) is 0 Å². The Morgan fingerprint density at radius 3 is 3.09 bits per heavy atom. The molecule has 0 spiro atoms. The predicted octanol–water partition coefficient (Wildman–Crippen LogP) is 1.49. The fourth-order valence-corrected chi connectivity index (χ4v) is 1.30. The molecule has 3 nitrogen and oxygen atoms in total. The summed E-state index contributed by atoms with van der Waals surface area (Å²) in [5, 5.41) is 3.09. The molecule has 0 saturated carbocycles. The first kappa shape index (κ1) is 8.64. The van der Waals surface area contributed by atoms with E-state index in [1.54, 1.807) is 11.3 Å². The summed E-state index contributed by atoms with van der Waals surface area (Å²) in [7, 11) is 0. The van der Waals surface area contributed by atoms with Crippen LogP contribution in [-0.4, -0.2) is 11.5 Å². The van der Waals surface area contributed by atoms with Gasteiger partial charge in [-0.05, 0) is 6.92 Å². The molecule has 0 amide bonds. The highest BCUT2D eigenvalue weighted by atomic mass is 32.1. The number of thiazole rings is 1. The maximum atomic E-state index is 5.08. The van der Waals surface area contributed by atoms with Crippen LogP contribution >= 0.6 is 11.3 Å². The Hall–Kier alpha value is -0.450. The van der Waals surface area contributed by atoms with Crippen molar-refractivity contribution >= 4 is 11.3 Å². The van der Waals surface area contributed by atoms with E-state index in [1.807, 2.05) is 19.2 Å². The minimum atomic E-state index is 0.554. The highest BCUT2D eigenvalue weighted by molar-refractivity contribution is 7.09. The summed E-state index contributed by atoms with van der Waals surface area (Å²) in [5.74, 6) is 0. The lowest BCUT2D eigenvalue weighted by atomic mass is 10.5. The van der Waals surface area contributed by atoms with Crippen LogP contribution in [0.1, 0.15) is 17.6 Å². The summed E-state index contributed by atoms with van der Waals surface area (Å²) in [6, 6.07) is 0. The molecule has 0 aliphatic heterocycles. The van der Waals surface area contributed by atoms with Crippen molar-refractivity contribution in [3.05, 3.63) is 16.1 Å². The topological polar surface area (TPSA) is 34.1 Å². The van der Waals surface area contributed by atoms with Crippen LogP contribution in [0.5, 0.6) is 0 Å². The molecule has 62 valence electrons. The molecule has 0 aliphatic carbocycles. The van der Waals surface area contributed by atoms with E-state index in [2.05, 4.69) is 10.5 Å². The first-order valence-electron chi connectivity index (χ1n) is 3.58. The molecule has 11 heavy (non-hydrogen) atoms. The van der Waals surface area contributed by atoms with Gasteiger partial charge in [0.1, 0.15) is 6.61 Å². The molecule has 0 fully saturated rings. The highest BCUT2D eigenvalue weighted by Gasteiger charge is 1.96. The fourth-order valence-electron chi connectivity index (χ4n) is 0.702. The average molecular weight is 172 g/mol. The summed E-state index contributed by atoms with van der Waals surface area (Å²) < 4.78 is 0. The molecule has 0 bridgehead atoms. The second-order valence-corrected chi connectivity index (χ2v) is 3.21. The van der Waals surface area contributed by atoms with Gasteiger partial charge >= 0.3 is 0 Å². The van der Waals surface area contributed by atoms with Crippen molar-refractivity contribution in [3.8, 4) is 0 Å². The summed E-state index contributed by atoms with van der Waals surface area (Å²) in [4.78, 5) is 9.31. The normalized spacial score (nSPS) is 10.4. The highest BCUT2D eigenvalue weighted by Crippen LogP contribution is 2.07. The minimum absolute atomic E-state index is 0.554. The van der Waals surface area contributed by atoms with Gasteiger partial charge in [-0.2, -0.15) is 0 Å². The molecule has 0 saturated heterocycles. The van der Waals surface area contributed by atoms with Crippen molar-refractivity contribution < 1.29 is 4.84 Å². The van der Waals surface area contributed by atoms with Gasteiger partial charge in [0, 0.05) is 11.9 Å². The van der Waals surface area contributed by atoms with Crippen LogP contribution in [0.2, 0.25) is 0 Å². The second kappa shape index (κ2) is 4.43. The first-order valence-corrected chi connectivity index (χ1v) is 4.46. The molecular weight excluding hydrogens is 160 g/mol. The summed E-state index contributed by atoms with van der Waals surface area (Å²) >= 11 is 1.64. The zero-order valence-corrected chi connectivity index (χ0v) is 7.57. The number of aromatic nitrogens is 1. The first-order chi connectivity index (χ1) is 5.33. The molecular formula is C7H12N2OS. The van der Waals surface area contributed by atoms with Gasteiger partial charge in [0.05, 0.1) is 10.7 Å². The molecule has 1 N–H and O–H groups in total. The van der Waals surface area contributed by atoms with Crippen LogP contribution in [0.3, 0.4) is 0 Å². The number of rotatable bonds is 4. The molecule has 0 aromatic carbocycles. The quantitative estimate of drug-likeness (QED) is 0.552. The van der Waals surface area contributed by atoms with Crippen LogP contribution in [-0.2, 0) is 11.4 Å². The van der Waals surface area contributed by atoms with Crippen molar-refractivity contribution in [2.24, 2.45) is 0 Å². The number of aryl methyl sites for hydroxylation is 1. The van der Waals surface area contributed by atoms with E-state index in [0.717, 1.165) is 17.2 Å². The maximum Gasteiger partial charge on any atom is 0.111 e. The molecule has 1 aromatic heterocycles.